The molecule has 0 bridgehead atoms. The van der Waals surface area contributed by atoms with Crippen molar-refractivity contribution in [2.45, 2.75) is 52.2 Å². The van der Waals surface area contributed by atoms with Gasteiger partial charge in [0, 0.05) is 31.0 Å². The van der Waals surface area contributed by atoms with Gasteiger partial charge in [0.1, 0.15) is 16.8 Å². The van der Waals surface area contributed by atoms with E-state index in [9.17, 15) is 9.59 Å². The third-order valence-corrected chi connectivity index (χ3v) is 5.53. The Morgan fingerprint density at radius 1 is 1.18 bits per heavy atom. The predicted molar refractivity (Wildman–Crippen MR) is 133 cm³/mol. The predicted octanol–water partition coefficient (Wildman–Crippen LogP) is 4.57. The summed E-state index contributed by atoms with van der Waals surface area (Å²) in [4.78, 5) is 31.9. The number of anilines is 1. The summed E-state index contributed by atoms with van der Waals surface area (Å²) in [7, 11) is 0. The molecule has 2 aromatic heterocycles. The van der Waals surface area contributed by atoms with E-state index in [1.54, 1.807) is 17.2 Å². The van der Waals surface area contributed by atoms with Crippen molar-refractivity contribution in [1.29, 1.82) is 0 Å². The fraction of sp³-hybridized carbons (Fsp3) is 0.423. The molecule has 1 N–H and O–H groups in total. The Morgan fingerprint density at radius 2 is 1.94 bits per heavy atom. The first-order valence-corrected chi connectivity index (χ1v) is 11.7. The monoisotopic (exact) mass is 464 g/mol. The van der Waals surface area contributed by atoms with Gasteiger partial charge in [0.25, 0.3) is 5.56 Å². The van der Waals surface area contributed by atoms with Gasteiger partial charge in [-0.2, -0.15) is 4.98 Å². The van der Waals surface area contributed by atoms with Crippen molar-refractivity contribution in [3.8, 4) is 17.0 Å². The number of hydrogen-bond acceptors (Lipinski definition) is 6. The average molecular weight is 465 g/mol. The highest BCUT2D eigenvalue weighted by atomic mass is 16.6. The van der Waals surface area contributed by atoms with E-state index >= 15 is 0 Å². The largest absolute Gasteiger partial charge is 0.477 e. The molecule has 1 aliphatic heterocycles. The molecule has 1 aliphatic rings. The third kappa shape index (κ3) is 5.32. The first-order valence-electron chi connectivity index (χ1n) is 11.7. The molecule has 3 aromatic rings. The highest BCUT2D eigenvalue weighted by Crippen LogP contribution is 2.28. The molecule has 1 aromatic carbocycles. The molecule has 1 atom stereocenters. The molecule has 180 valence electrons. The number of pyridine rings is 1. The summed E-state index contributed by atoms with van der Waals surface area (Å²) in [6.07, 6.45) is 3.09. The molecule has 3 heterocycles. The van der Waals surface area contributed by atoms with Crippen molar-refractivity contribution in [2.24, 2.45) is 0 Å². The quantitative estimate of drug-likeness (QED) is 0.575. The number of hydrogen-bond donors (Lipinski definition) is 1. The Labute approximate surface area is 199 Å². The highest BCUT2D eigenvalue weighted by Gasteiger charge is 2.29. The van der Waals surface area contributed by atoms with Crippen LogP contribution in [-0.4, -0.2) is 51.7 Å². The molecule has 0 saturated carbocycles. The molecule has 0 spiro atoms. The van der Waals surface area contributed by atoms with Crippen LogP contribution in [0.25, 0.3) is 16.8 Å². The van der Waals surface area contributed by atoms with Crippen LogP contribution in [0.1, 0.15) is 40.5 Å². The van der Waals surface area contributed by atoms with Crippen molar-refractivity contribution in [1.82, 2.24) is 14.3 Å². The number of ether oxygens (including phenoxy) is 2. The minimum Gasteiger partial charge on any atom is -0.477 e. The number of benzene rings is 1. The molecular formula is C26H32N4O4. The van der Waals surface area contributed by atoms with E-state index in [4.69, 9.17) is 9.47 Å². The molecule has 0 aliphatic carbocycles. The highest BCUT2D eigenvalue weighted by molar-refractivity contribution is 5.71. The minimum atomic E-state index is -0.506. The first-order chi connectivity index (χ1) is 16.2. The van der Waals surface area contributed by atoms with Gasteiger partial charge in [-0.25, -0.2) is 4.79 Å². The molecule has 4 rings (SSSR count). The number of nitrogens with zero attached hydrogens (tertiary/aromatic N) is 3. The van der Waals surface area contributed by atoms with Crippen LogP contribution in [0.3, 0.4) is 0 Å². The number of carbonyl (C=O) groups excluding carboxylic acids is 1. The number of aromatic nitrogens is 2. The average Bonchev–Trinajstić information content (AvgIpc) is 3.26. The van der Waals surface area contributed by atoms with Crippen molar-refractivity contribution in [3.63, 3.8) is 0 Å². The van der Waals surface area contributed by atoms with Gasteiger partial charge in [0.2, 0.25) is 5.88 Å². The fourth-order valence-electron chi connectivity index (χ4n) is 3.96. The molecule has 8 nitrogen and oxygen atoms in total. The SMILES string of the molecule is CCCOc1nc2ccccn2c(=O)c1-c1ccc(NC2CCN(C(=O)OC(C)(C)C)C2)cc1. The maximum Gasteiger partial charge on any atom is 0.410 e. The molecule has 0 radical (unpaired) electrons. The van der Waals surface area contributed by atoms with Crippen LogP contribution in [0.15, 0.2) is 53.5 Å². The lowest BCUT2D eigenvalue weighted by Crippen LogP contribution is -2.36. The van der Waals surface area contributed by atoms with Crippen molar-refractivity contribution < 1.29 is 14.3 Å². The van der Waals surface area contributed by atoms with Crippen LogP contribution in [0, 0.1) is 0 Å². The van der Waals surface area contributed by atoms with Gasteiger partial charge in [-0.1, -0.05) is 25.1 Å². The summed E-state index contributed by atoms with van der Waals surface area (Å²) < 4.78 is 12.9. The summed E-state index contributed by atoms with van der Waals surface area (Å²) >= 11 is 0. The van der Waals surface area contributed by atoms with Gasteiger partial charge in [-0.3, -0.25) is 9.20 Å². The maximum atomic E-state index is 13.3. The summed E-state index contributed by atoms with van der Waals surface area (Å²) in [5, 5.41) is 3.48. The smallest absolute Gasteiger partial charge is 0.410 e. The lowest BCUT2D eigenvalue weighted by Gasteiger charge is -2.24. The summed E-state index contributed by atoms with van der Waals surface area (Å²) in [6, 6.07) is 13.3. The van der Waals surface area contributed by atoms with Gasteiger partial charge in [0.15, 0.2) is 0 Å². The molecule has 8 heteroatoms. The van der Waals surface area contributed by atoms with E-state index in [-0.39, 0.29) is 17.7 Å². The Balaban J connectivity index is 1.51. The van der Waals surface area contributed by atoms with Crippen molar-refractivity contribution in [2.75, 3.05) is 25.0 Å². The van der Waals surface area contributed by atoms with E-state index in [0.29, 0.717) is 36.8 Å². The first kappa shape index (κ1) is 23.6. The van der Waals surface area contributed by atoms with Crippen molar-refractivity contribution >= 4 is 17.4 Å². The number of nitrogens with one attached hydrogen (secondary N) is 1. The van der Waals surface area contributed by atoms with Gasteiger partial charge in [0.05, 0.1) is 6.61 Å². The Kier molecular flexibility index (Phi) is 6.77. The van der Waals surface area contributed by atoms with E-state index < -0.39 is 5.60 Å². The Bertz CT molecular complexity index is 1210. The number of rotatable bonds is 6. The van der Waals surface area contributed by atoms with E-state index in [1.807, 2.05) is 64.1 Å². The zero-order valence-electron chi connectivity index (χ0n) is 20.2. The van der Waals surface area contributed by atoms with Gasteiger partial charge >= 0.3 is 6.09 Å². The minimum absolute atomic E-state index is 0.134. The van der Waals surface area contributed by atoms with Crippen molar-refractivity contribution in [3.05, 3.63) is 59.0 Å². The molecule has 1 fully saturated rings. The molecule has 1 amide bonds. The fourth-order valence-corrected chi connectivity index (χ4v) is 3.96. The standard InChI is InChI=1S/C26H32N4O4/c1-5-16-33-23-22(24(31)30-14-7-6-8-21(30)28-23)18-9-11-19(12-10-18)27-20-13-15-29(17-20)25(32)34-26(2,3)4/h6-12,14,20,27H,5,13,15-17H2,1-4H3. The summed E-state index contributed by atoms with van der Waals surface area (Å²) in [5.41, 5.74) is 1.99. The number of fused-ring (bicyclic) bond motifs is 1. The lowest BCUT2D eigenvalue weighted by atomic mass is 10.1. The van der Waals surface area contributed by atoms with E-state index in [0.717, 1.165) is 24.1 Å². The molecular weight excluding hydrogens is 432 g/mol. The van der Waals surface area contributed by atoms with Crippen LogP contribution in [0.2, 0.25) is 0 Å². The van der Waals surface area contributed by atoms with Crippen LogP contribution >= 0.6 is 0 Å². The topological polar surface area (TPSA) is 85.2 Å². The third-order valence-electron chi connectivity index (χ3n) is 5.53. The van der Waals surface area contributed by atoms with Crippen LogP contribution in [-0.2, 0) is 4.74 Å². The molecule has 1 unspecified atom stereocenters. The maximum absolute atomic E-state index is 13.3. The van der Waals surface area contributed by atoms with E-state index in [2.05, 4.69) is 10.3 Å². The second-order valence-electron chi connectivity index (χ2n) is 9.51. The van der Waals surface area contributed by atoms with E-state index in [1.165, 1.54) is 4.40 Å². The second-order valence-corrected chi connectivity index (χ2v) is 9.51. The van der Waals surface area contributed by atoms with Gasteiger partial charge < -0.3 is 19.7 Å². The Morgan fingerprint density at radius 3 is 2.65 bits per heavy atom. The zero-order valence-corrected chi connectivity index (χ0v) is 20.2. The van der Waals surface area contributed by atoms with Crippen LogP contribution in [0.4, 0.5) is 10.5 Å². The second kappa shape index (κ2) is 9.75. The molecule has 34 heavy (non-hydrogen) atoms. The Hall–Kier alpha value is -3.55. The van der Waals surface area contributed by atoms with Crippen LogP contribution < -0.4 is 15.6 Å². The van der Waals surface area contributed by atoms with Gasteiger partial charge in [-0.05, 0) is 63.4 Å². The lowest BCUT2D eigenvalue weighted by molar-refractivity contribution is 0.0293. The number of likely N-dealkylation sites (tertiary alicyclic amines) is 1. The molecule has 1 saturated heterocycles. The summed E-state index contributed by atoms with van der Waals surface area (Å²) in [6.45, 7) is 9.35. The zero-order chi connectivity index (χ0) is 24.3. The number of amides is 1. The number of carbonyl (C=O) groups is 1. The van der Waals surface area contributed by atoms with Crippen LogP contribution in [0.5, 0.6) is 5.88 Å². The normalized spacial score (nSPS) is 16.0. The summed E-state index contributed by atoms with van der Waals surface area (Å²) in [5.74, 6) is 0.350. The van der Waals surface area contributed by atoms with Gasteiger partial charge in [-0.15, -0.1) is 0 Å².